The average molecular weight is 440 g/mol. The smallest absolute Gasteiger partial charge is 0.234 e. The molecule has 7 rings (SSSR count). The van der Waals surface area contributed by atoms with Crippen molar-refractivity contribution in [2.45, 2.75) is 24.2 Å². The van der Waals surface area contributed by atoms with Gasteiger partial charge in [0.25, 0.3) is 0 Å². The Balaban J connectivity index is 1.61. The number of hydrogen-bond acceptors (Lipinski definition) is 5. The summed E-state index contributed by atoms with van der Waals surface area (Å²) in [7, 11) is 3.19. The predicted octanol–water partition coefficient (Wildman–Crippen LogP) is 3.25. The predicted molar refractivity (Wildman–Crippen MR) is 120 cm³/mol. The Morgan fingerprint density at radius 2 is 1.55 bits per heavy atom. The highest BCUT2D eigenvalue weighted by molar-refractivity contribution is 6.08. The molecule has 1 aromatic heterocycles. The standard InChI is InChI=1S/C27H24N2O4/c1-32-26(33-2)27-19-11-5-3-9-17(19)21(18-10-4-6-12-20(18)27)22-23(27)25(31)29(24(22)30)15-16-8-7-13-28-14-16/h3-14,21-23,26H,15H2,1-2H3/t21?,22-,23+,27?/m1/s1. The van der Waals surface area contributed by atoms with Crippen LogP contribution < -0.4 is 0 Å². The number of methoxy groups -OCH3 is 2. The molecule has 1 aliphatic heterocycles. The first-order valence-corrected chi connectivity index (χ1v) is 11.1. The highest BCUT2D eigenvalue weighted by Crippen LogP contribution is 2.65. The van der Waals surface area contributed by atoms with E-state index in [-0.39, 0.29) is 24.3 Å². The summed E-state index contributed by atoms with van der Waals surface area (Å²) in [6, 6.07) is 19.9. The van der Waals surface area contributed by atoms with Crippen molar-refractivity contribution in [3.63, 3.8) is 0 Å². The molecule has 33 heavy (non-hydrogen) atoms. The van der Waals surface area contributed by atoms with Crippen molar-refractivity contribution in [1.82, 2.24) is 9.88 Å². The lowest BCUT2D eigenvalue weighted by molar-refractivity contribution is -0.169. The van der Waals surface area contributed by atoms with Gasteiger partial charge in [0.1, 0.15) is 0 Å². The van der Waals surface area contributed by atoms with Crippen molar-refractivity contribution < 1.29 is 19.1 Å². The third kappa shape index (κ3) is 2.48. The Morgan fingerprint density at radius 1 is 0.909 bits per heavy atom. The minimum atomic E-state index is -0.924. The monoisotopic (exact) mass is 440 g/mol. The van der Waals surface area contributed by atoms with Gasteiger partial charge in [0.2, 0.25) is 11.8 Å². The number of ether oxygens (including phenoxy) is 2. The van der Waals surface area contributed by atoms with E-state index in [0.717, 1.165) is 27.8 Å². The minimum Gasteiger partial charge on any atom is -0.355 e. The molecule has 2 heterocycles. The second-order valence-corrected chi connectivity index (χ2v) is 8.95. The lowest BCUT2D eigenvalue weighted by atomic mass is 9.47. The summed E-state index contributed by atoms with van der Waals surface area (Å²) in [5, 5.41) is 0. The Morgan fingerprint density at radius 3 is 2.12 bits per heavy atom. The van der Waals surface area contributed by atoms with E-state index < -0.39 is 23.5 Å². The molecule has 0 N–H and O–H groups in total. The Bertz CT molecular complexity index is 1210. The number of rotatable bonds is 5. The highest BCUT2D eigenvalue weighted by atomic mass is 16.7. The van der Waals surface area contributed by atoms with Gasteiger partial charge < -0.3 is 9.47 Å². The summed E-state index contributed by atoms with van der Waals surface area (Å²) in [6.45, 7) is 0.207. The molecular weight excluding hydrogens is 416 g/mol. The van der Waals surface area contributed by atoms with Crippen molar-refractivity contribution in [2.75, 3.05) is 14.2 Å². The molecule has 2 aromatic carbocycles. The molecule has 2 atom stereocenters. The van der Waals surface area contributed by atoms with Gasteiger partial charge in [-0.1, -0.05) is 54.6 Å². The minimum absolute atomic E-state index is 0.141. The first-order valence-electron chi connectivity index (χ1n) is 11.1. The van der Waals surface area contributed by atoms with Gasteiger partial charge in [0.05, 0.1) is 23.8 Å². The third-order valence-corrected chi connectivity index (χ3v) is 7.64. The largest absolute Gasteiger partial charge is 0.355 e. The van der Waals surface area contributed by atoms with Crippen LogP contribution in [0.25, 0.3) is 0 Å². The summed E-state index contributed by atoms with van der Waals surface area (Å²) < 4.78 is 11.8. The van der Waals surface area contributed by atoms with Gasteiger partial charge in [-0.15, -0.1) is 0 Å². The van der Waals surface area contributed by atoms with E-state index in [1.165, 1.54) is 4.90 Å². The van der Waals surface area contributed by atoms with Crippen LogP contribution in [0.15, 0.2) is 73.1 Å². The van der Waals surface area contributed by atoms with Crippen LogP contribution in [0.1, 0.15) is 33.7 Å². The molecule has 166 valence electrons. The van der Waals surface area contributed by atoms with E-state index in [4.69, 9.17) is 9.47 Å². The first kappa shape index (κ1) is 20.3. The highest BCUT2D eigenvalue weighted by Gasteiger charge is 2.70. The van der Waals surface area contributed by atoms with Crippen LogP contribution in [0, 0.1) is 11.8 Å². The summed E-state index contributed by atoms with van der Waals surface area (Å²) in [5.41, 5.74) is 4.05. The molecule has 1 fully saturated rings. The van der Waals surface area contributed by atoms with E-state index in [0.29, 0.717) is 0 Å². The van der Waals surface area contributed by atoms with Crippen LogP contribution in [0.2, 0.25) is 0 Å². The summed E-state index contributed by atoms with van der Waals surface area (Å²) >= 11 is 0. The molecule has 4 aliphatic rings. The summed E-state index contributed by atoms with van der Waals surface area (Å²) in [6.07, 6.45) is 2.65. The third-order valence-electron chi connectivity index (χ3n) is 7.64. The molecule has 3 aliphatic carbocycles. The van der Waals surface area contributed by atoms with Crippen LogP contribution in [0.3, 0.4) is 0 Å². The number of carbonyl (C=O) groups excluding carboxylic acids is 2. The molecular formula is C27H24N2O4. The number of pyridine rings is 1. The number of aromatic nitrogens is 1. The number of benzene rings is 2. The first-order chi connectivity index (χ1) is 16.1. The molecule has 6 nitrogen and oxygen atoms in total. The molecule has 2 amide bonds. The van der Waals surface area contributed by atoms with Gasteiger partial charge in [-0.3, -0.25) is 19.5 Å². The van der Waals surface area contributed by atoms with Gasteiger partial charge in [-0.25, -0.2) is 0 Å². The maximum absolute atomic E-state index is 14.1. The van der Waals surface area contributed by atoms with Crippen molar-refractivity contribution in [1.29, 1.82) is 0 Å². The fraction of sp³-hybridized carbons (Fsp3) is 0.296. The van der Waals surface area contributed by atoms with Crippen LogP contribution in [-0.4, -0.2) is 42.2 Å². The zero-order valence-electron chi connectivity index (χ0n) is 18.5. The molecule has 0 saturated carbocycles. The fourth-order valence-corrected chi connectivity index (χ4v) is 6.59. The molecule has 0 unspecified atom stereocenters. The molecule has 0 radical (unpaired) electrons. The number of nitrogens with zero attached hydrogens (tertiary/aromatic N) is 2. The number of hydrogen-bond donors (Lipinski definition) is 0. The molecule has 3 aromatic rings. The quantitative estimate of drug-likeness (QED) is 0.450. The van der Waals surface area contributed by atoms with Crippen LogP contribution in [-0.2, 0) is 31.0 Å². The van der Waals surface area contributed by atoms with Crippen molar-refractivity contribution in [3.05, 3.63) is 101 Å². The van der Waals surface area contributed by atoms with E-state index in [1.54, 1.807) is 26.6 Å². The lowest BCUT2D eigenvalue weighted by Crippen LogP contribution is -2.60. The van der Waals surface area contributed by atoms with Gasteiger partial charge in [0, 0.05) is 32.5 Å². The normalized spacial score (nSPS) is 27.0. The van der Waals surface area contributed by atoms with Gasteiger partial charge >= 0.3 is 0 Å². The second-order valence-electron chi connectivity index (χ2n) is 8.95. The Kier molecular flexibility index (Phi) is 4.50. The summed E-state index contributed by atoms with van der Waals surface area (Å²) in [5.74, 6) is -1.62. The topological polar surface area (TPSA) is 68.7 Å². The molecule has 2 bridgehead atoms. The fourth-order valence-electron chi connectivity index (χ4n) is 6.59. The Hall–Kier alpha value is -3.35. The van der Waals surface area contributed by atoms with Crippen molar-refractivity contribution in [2.24, 2.45) is 11.8 Å². The number of carbonyl (C=O) groups is 2. The van der Waals surface area contributed by atoms with E-state index in [9.17, 15) is 9.59 Å². The lowest BCUT2D eigenvalue weighted by Gasteiger charge is -2.56. The maximum atomic E-state index is 14.1. The number of likely N-dealkylation sites (tertiary alicyclic amines) is 1. The van der Waals surface area contributed by atoms with Crippen molar-refractivity contribution in [3.8, 4) is 0 Å². The van der Waals surface area contributed by atoms with Gasteiger partial charge in [0.15, 0.2) is 6.29 Å². The van der Waals surface area contributed by atoms with Crippen LogP contribution in [0.5, 0.6) is 0 Å². The van der Waals surface area contributed by atoms with Crippen molar-refractivity contribution >= 4 is 11.8 Å². The molecule has 6 heteroatoms. The van der Waals surface area contributed by atoms with E-state index in [1.807, 2.05) is 36.4 Å². The van der Waals surface area contributed by atoms with Gasteiger partial charge in [-0.05, 0) is 33.9 Å². The maximum Gasteiger partial charge on any atom is 0.234 e. The summed E-state index contributed by atoms with van der Waals surface area (Å²) in [4.78, 5) is 33.6. The van der Waals surface area contributed by atoms with E-state index in [2.05, 4.69) is 29.2 Å². The SMILES string of the molecule is COC(OC)C12c3ccccc3C(c3ccccc31)[C@H]1C(=O)N(Cc3cccnc3)C(=O)[C@H]12. The van der Waals surface area contributed by atoms with Crippen LogP contribution >= 0.6 is 0 Å². The number of imide groups is 1. The zero-order valence-corrected chi connectivity index (χ0v) is 18.5. The average Bonchev–Trinajstić information content (AvgIpc) is 3.11. The number of amides is 2. The Labute approximate surface area is 192 Å². The van der Waals surface area contributed by atoms with E-state index >= 15 is 0 Å². The second kappa shape index (κ2) is 7.33. The zero-order chi connectivity index (χ0) is 22.7. The molecule has 1 saturated heterocycles. The van der Waals surface area contributed by atoms with Gasteiger partial charge in [-0.2, -0.15) is 0 Å². The van der Waals surface area contributed by atoms with Crippen LogP contribution in [0.4, 0.5) is 0 Å². The molecule has 0 spiro atoms.